The third-order valence-electron chi connectivity index (χ3n) is 3.43. The van der Waals surface area contributed by atoms with Crippen LogP contribution in [0.1, 0.15) is 22.3 Å². The summed E-state index contributed by atoms with van der Waals surface area (Å²) in [6.45, 7) is 1.77. The highest BCUT2D eigenvalue weighted by Crippen LogP contribution is 2.30. The molecular formula is C16H15F3O3S. The van der Waals surface area contributed by atoms with Crippen LogP contribution in [0.5, 0.6) is 0 Å². The molecule has 124 valence electrons. The highest BCUT2D eigenvalue weighted by atomic mass is 32.2. The molecule has 0 saturated carbocycles. The molecule has 0 heterocycles. The molecule has 2 aromatic rings. The second kappa shape index (κ2) is 6.33. The summed E-state index contributed by atoms with van der Waals surface area (Å²) in [6.07, 6.45) is -3.98. The number of rotatable bonds is 4. The molecule has 0 unspecified atom stereocenters. The standard InChI is InChI=1S/C16H15F3O3S/c1-11-5-8-15(23(20,21)22)13(9-11)7-6-12-3-2-4-14(10-12)16(17,18)19/h2-5,8-10H,6-7H2,1H3,(H,20,21,22). The van der Waals surface area contributed by atoms with E-state index in [0.29, 0.717) is 11.1 Å². The molecule has 0 aliphatic rings. The summed E-state index contributed by atoms with van der Waals surface area (Å²) in [5, 5.41) is 0. The summed E-state index contributed by atoms with van der Waals surface area (Å²) >= 11 is 0. The Hall–Kier alpha value is -1.86. The molecule has 0 radical (unpaired) electrons. The lowest BCUT2D eigenvalue weighted by Crippen LogP contribution is -2.07. The number of hydrogen-bond acceptors (Lipinski definition) is 2. The Morgan fingerprint density at radius 3 is 2.35 bits per heavy atom. The zero-order valence-electron chi connectivity index (χ0n) is 12.3. The Kier molecular flexibility index (Phi) is 4.81. The van der Waals surface area contributed by atoms with Gasteiger partial charge in [0.2, 0.25) is 0 Å². The monoisotopic (exact) mass is 344 g/mol. The van der Waals surface area contributed by atoms with Crippen molar-refractivity contribution in [3.8, 4) is 0 Å². The molecule has 0 aliphatic carbocycles. The topological polar surface area (TPSA) is 54.4 Å². The molecule has 0 fully saturated rings. The first-order chi connectivity index (χ1) is 10.6. The van der Waals surface area contributed by atoms with Crippen molar-refractivity contribution in [2.24, 2.45) is 0 Å². The van der Waals surface area contributed by atoms with Crippen LogP contribution in [-0.4, -0.2) is 13.0 Å². The number of alkyl halides is 3. The van der Waals surface area contributed by atoms with Gasteiger partial charge in [-0.1, -0.05) is 35.9 Å². The van der Waals surface area contributed by atoms with E-state index in [1.54, 1.807) is 25.1 Å². The second-order valence-corrected chi connectivity index (χ2v) is 6.67. The van der Waals surface area contributed by atoms with Crippen LogP contribution in [0.3, 0.4) is 0 Å². The van der Waals surface area contributed by atoms with E-state index in [-0.39, 0.29) is 17.7 Å². The highest BCUT2D eigenvalue weighted by molar-refractivity contribution is 7.85. The summed E-state index contributed by atoms with van der Waals surface area (Å²) in [6, 6.07) is 9.36. The molecule has 0 aliphatic heterocycles. The van der Waals surface area contributed by atoms with Gasteiger partial charge in [0, 0.05) is 0 Å². The molecule has 0 amide bonds. The van der Waals surface area contributed by atoms with Crippen molar-refractivity contribution in [3.05, 3.63) is 64.7 Å². The van der Waals surface area contributed by atoms with E-state index in [9.17, 15) is 26.1 Å². The maximum atomic E-state index is 12.7. The molecule has 1 N–H and O–H groups in total. The zero-order chi connectivity index (χ0) is 17.3. The van der Waals surface area contributed by atoms with Gasteiger partial charge in [0.1, 0.15) is 0 Å². The molecule has 0 bridgehead atoms. The second-order valence-electron chi connectivity index (χ2n) is 5.28. The van der Waals surface area contributed by atoms with Crippen LogP contribution in [0.2, 0.25) is 0 Å². The summed E-state index contributed by atoms with van der Waals surface area (Å²) in [7, 11) is -4.37. The van der Waals surface area contributed by atoms with Crippen LogP contribution in [0.25, 0.3) is 0 Å². The first-order valence-corrected chi connectivity index (χ1v) is 8.24. The van der Waals surface area contributed by atoms with Crippen LogP contribution in [-0.2, 0) is 29.1 Å². The maximum absolute atomic E-state index is 12.7. The van der Waals surface area contributed by atoms with Crippen LogP contribution < -0.4 is 0 Å². The first-order valence-electron chi connectivity index (χ1n) is 6.80. The van der Waals surface area contributed by atoms with Crippen molar-refractivity contribution >= 4 is 10.1 Å². The number of halogens is 3. The van der Waals surface area contributed by atoms with Gasteiger partial charge in [0.25, 0.3) is 10.1 Å². The molecule has 3 nitrogen and oxygen atoms in total. The number of hydrogen-bond donors (Lipinski definition) is 1. The fraction of sp³-hybridized carbons (Fsp3) is 0.250. The Balaban J connectivity index is 2.27. The van der Waals surface area contributed by atoms with Crippen LogP contribution in [0, 0.1) is 6.92 Å². The van der Waals surface area contributed by atoms with E-state index >= 15 is 0 Å². The van der Waals surface area contributed by atoms with Gasteiger partial charge in [-0.2, -0.15) is 21.6 Å². The minimum atomic E-state index is -4.42. The highest BCUT2D eigenvalue weighted by Gasteiger charge is 2.30. The van der Waals surface area contributed by atoms with E-state index in [2.05, 4.69) is 0 Å². The van der Waals surface area contributed by atoms with E-state index in [1.165, 1.54) is 12.1 Å². The Morgan fingerprint density at radius 2 is 1.74 bits per heavy atom. The average molecular weight is 344 g/mol. The molecule has 2 rings (SSSR count). The molecule has 0 atom stereocenters. The minimum absolute atomic E-state index is 0.206. The fourth-order valence-corrected chi connectivity index (χ4v) is 3.07. The van der Waals surface area contributed by atoms with Gasteiger partial charge in [-0.3, -0.25) is 4.55 Å². The van der Waals surface area contributed by atoms with Crippen molar-refractivity contribution in [3.63, 3.8) is 0 Å². The van der Waals surface area contributed by atoms with Gasteiger partial charge in [0.05, 0.1) is 10.5 Å². The van der Waals surface area contributed by atoms with Crippen LogP contribution >= 0.6 is 0 Å². The average Bonchev–Trinajstić information content (AvgIpc) is 2.43. The molecular weight excluding hydrogens is 329 g/mol. The van der Waals surface area contributed by atoms with Crippen molar-refractivity contribution in [1.29, 1.82) is 0 Å². The SMILES string of the molecule is Cc1ccc(S(=O)(=O)O)c(CCc2cccc(C(F)(F)F)c2)c1. The number of benzene rings is 2. The lowest BCUT2D eigenvalue weighted by Gasteiger charge is -2.10. The molecule has 23 heavy (non-hydrogen) atoms. The Bertz CT molecular complexity index is 812. The van der Waals surface area contributed by atoms with Gasteiger partial charge >= 0.3 is 6.18 Å². The Labute approximate surface area is 132 Å². The van der Waals surface area contributed by atoms with Crippen LogP contribution in [0.15, 0.2) is 47.4 Å². The van der Waals surface area contributed by atoms with E-state index < -0.39 is 21.9 Å². The summed E-state index contributed by atoms with van der Waals surface area (Å²) in [5.41, 5.74) is 0.887. The summed E-state index contributed by atoms with van der Waals surface area (Å²) < 4.78 is 70.0. The largest absolute Gasteiger partial charge is 0.416 e. The third kappa shape index (κ3) is 4.56. The summed E-state index contributed by atoms with van der Waals surface area (Å²) in [5.74, 6) is 0. The van der Waals surface area contributed by atoms with Crippen molar-refractivity contribution < 1.29 is 26.1 Å². The van der Waals surface area contributed by atoms with Gasteiger partial charge < -0.3 is 0 Å². The van der Waals surface area contributed by atoms with Crippen molar-refractivity contribution in [1.82, 2.24) is 0 Å². The molecule has 7 heteroatoms. The molecule has 0 saturated heterocycles. The minimum Gasteiger partial charge on any atom is -0.282 e. The predicted octanol–water partition coefficient (Wildman–Crippen LogP) is 4.05. The lowest BCUT2D eigenvalue weighted by atomic mass is 10.0. The van der Waals surface area contributed by atoms with E-state index in [1.807, 2.05) is 0 Å². The summed E-state index contributed by atoms with van der Waals surface area (Å²) in [4.78, 5) is -0.213. The van der Waals surface area contributed by atoms with Gasteiger partial charge in [-0.25, -0.2) is 0 Å². The normalized spacial score (nSPS) is 12.4. The Morgan fingerprint density at radius 1 is 1.04 bits per heavy atom. The van der Waals surface area contributed by atoms with Gasteiger partial charge in [-0.15, -0.1) is 0 Å². The smallest absolute Gasteiger partial charge is 0.282 e. The van der Waals surface area contributed by atoms with Crippen molar-refractivity contribution in [2.75, 3.05) is 0 Å². The molecule has 0 spiro atoms. The van der Waals surface area contributed by atoms with Gasteiger partial charge in [0.15, 0.2) is 0 Å². The number of aryl methyl sites for hydroxylation is 3. The lowest BCUT2D eigenvalue weighted by molar-refractivity contribution is -0.137. The fourth-order valence-electron chi connectivity index (χ4n) is 2.34. The van der Waals surface area contributed by atoms with E-state index in [4.69, 9.17) is 0 Å². The van der Waals surface area contributed by atoms with Gasteiger partial charge in [-0.05, 0) is 43.0 Å². The third-order valence-corrected chi connectivity index (χ3v) is 4.39. The van der Waals surface area contributed by atoms with Crippen molar-refractivity contribution in [2.45, 2.75) is 30.8 Å². The van der Waals surface area contributed by atoms with Crippen LogP contribution in [0.4, 0.5) is 13.2 Å². The predicted molar refractivity (Wildman–Crippen MR) is 79.8 cm³/mol. The quantitative estimate of drug-likeness (QED) is 0.852. The maximum Gasteiger partial charge on any atom is 0.416 e. The first kappa shape index (κ1) is 17.5. The molecule has 0 aromatic heterocycles. The zero-order valence-corrected chi connectivity index (χ0v) is 13.1. The van der Waals surface area contributed by atoms with E-state index in [0.717, 1.165) is 17.7 Å². The molecule has 2 aromatic carbocycles.